The fraction of sp³-hybridized carbons (Fsp3) is 0.235. The predicted octanol–water partition coefficient (Wildman–Crippen LogP) is 3.10. The van der Waals surface area contributed by atoms with Crippen molar-refractivity contribution < 1.29 is 14.3 Å². The van der Waals surface area contributed by atoms with Crippen LogP contribution in [0.5, 0.6) is 11.5 Å². The van der Waals surface area contributed by atoms with Gasteiger partial charge in [-0.1, -0.05) is 24.3 Å². The van der Waals surface area contributed by atoms with Gasteiger partial charge in [0.05, 0.1) is 6.54 Å². The van der Waals surface area contributed by atoms with Crippen LogP contribution < -0.4 is 9.47 Å². The van der Waals surface area contributed by atoms with E-state index < -0.39 is 6.10 Å². The number of carbonyl (C=O) groups excluding carboxylic acids is 1. The van der Waals surface area contributed by atoms with Crippen LogP contribution in [0.25, 0.3) is 0 Å². The van der Waals surface area contributed by atoms with Crippen molar-refractivity contribution in [3.63, 3.8) is 0 Å². The maximum absolute atomic E-state index is 12.7. The van der Waals surface area contributed by atoms with E-state index in [2.05, 4.69) is 6.58 Å². The molecule has 3 rings (SSSR count). The van der Waals surface area contributed by atoms with Crippen molar-refractivity contribution in [2.24, 2.45) is 0 Å². The Morgan fingerprint density at radius 1 is 1.32 bits per heavy atom. The SMILES string of the molecule is C=CCN(Cc1cccs1)C(=O)C1COc2ccccc2O1. The van der Waals surface area contributed by atoms with Crippen molar-refractivity contribution >= 4 is 17.2 Å². The van der Waals surface area contributed by atoms with Crippen LogP contribution in [-0.4, -0.2) is 30.1 Å². The lowest BCUT2D eigenvalue weighted by atomic mass is 10.2. The normalized spacial score (nSPS) is 16.1. The number of thiophene rings is 1. The lowest BCUT2D eigenvalue weighted by Crippen LogP contribution is -2.46. The Balaban J connectivity index is 1.72. The lowest BCUT2D eigenvalue weighted by Gasteiger charge is -2.30. The van der Waals surface area contributed by atoms with E-state index >= 15 is 0 Å². The topological polar surface area (TPSA) is 38.8 Å². The molecular formula is C17H17NO3S. The smallest absolute Gasteiger partial charge is 0.267 e. The zero-order valence-electron chi connectivity index (χ0n) is 12.1. The van der Waals surface area contributed by atoms with Gasteiger partial charge in [0.1, 0.15) is 6.61 Å². The Kier molecular flexibility index (Phi) is 4.44. The molecule has 1 aromatic carbocycles. The molecule has 0 aliphatic carbocycles. The Bertz CT molecular complexity index is 654. The number of para-hydroxylation sites is 2. The number of hydrogen-bond acceptors (Lipinski definition) is 4. The Labute approximate surface area is 133 Å². The fourth-order valence-corrected chi connectivity index (χ4v) is 3.04. The number of fused-ring (bicyclic) bond motifs is 1. The second-order valence-electron chi connectivity index (χ2n) is 4.95. The van der Waals surface area contributed by atoms with Crippen molar-refractivity contribution in [2.45, 2.75) is 12.6 Å². The van der Waals surface area contributed by atoms with Gasteiger partial charge in [-0.3, -0.25) is 4.79 Å². The van der Waals surface area contributed by atoms with Gasteiger partial charge in [0.25, 0.3) is 5.91 Å². The highest BCUT2D eigenvalue weighted by molar-refractivity contribution is 7.09. The largest absolute Gasteiger partial charge is 0.485 e. The average molecular weight is 315 g/mol. The highest BCUT2D eigenvalue weighted by Crippen LogP contribution is 2.31. The molecule has 0 fully saturated rings. The van der Waals surface area contributed by atoms with E-state index in [1.807, 2.05) is 41.8 Å². The van der Waals surface area contributed by atoms with Gasteiger partial charge in [-0.2, -0.15) is 0 Å². The molecule has 1 aliphatic heterocycles. The molecule has 0 spiro atoms. The molecule has 1 atom stereocenters. The maximum atomic E-state index is 12.7. The molecular weight excluding hydrogens is 298 g/mol. The van der Waals surface area contributed by atoms with Crippen LogP contribution in [0.3, 0.4) is 0 Å². The predicted molar refractivity (Wildman–Crippen MR) is 86.3 cm³/mol. The van der Waals surface area contributed by atoms with Crippen LogP contribution in [-0.2, 0) is 11.3 Å². The maximum Gasteiger partial charge on any atom is 0.267 e. The molecule has 0 radical (unpaired) electrons. The molecule has 4 nitrogen and oxygen atoms in total. The third-order valence-corrected chi connectivity index (χ3v) is 4.23. The van der Waals surface area contributed by atoms with Crippen LogP contribution in [0.15, 0.2) is 54.4 Å². The molecule has 1 aliphatic rings. The second-order valence-corrected chi connectivity index (χ2v) is 5.98. The van der Waals surface area contributed by atoms with Gasteiger partial charge in [0.15, 0.2) is 11.5 Å². The number of rotatable bonds is 5. The van der Waals surface area contributed by atoms with Crippen molar-refractivity contribution in [2.75, 3.05) is 13.2 Å². The minimum atomic E-state index is -0.616. The Hall–Kier alpha value is -2.27. The van der Waals surface area contributed by atoms with Gasteiger partial charge < -0.3 is 14.4 Å². The van der Waals surface area contributed by atoms with Gasteiger partial charge in [-0.15, -0.1) is 17.9 Å². The van der Waals surface area contributed by atoms with E-state index in [-0.39, 0.29) is 12.5 Å². The van der Waals surface area contributed by atoms with Crippen LogP contribution in [0.4, 0.5) is 0 Å². The van der Waals surface area contributed by atoms with Gasteiger partial charge in [0, 0.05) is 11.4 Å². The number of nitrogens with zero attached hydrogens (tertiary/aromatic N) is 1. The van der Waals surface area contributed by atoms with E-state index in [9.17, 15) is 4.79 Å². The zero-order valence-corrected chi connectivity index (χ0v) is 12.9. The number of benzene rings is 1. The third-order valence-electron chi connectivity index (χ3n) is 3.37. The Morgan fingerprint density at radius 3 is 2.86 bits per heavy atom. The molecule has 1 amide bonds. The van der Waals surface area contributed by atoms with E-state index in [1.54, 1.807) is 22.3 Å². The van der Waals surface area contributed by atoms with E-state index in [4.69, 9.17) is 9.47 Å². The van der Waals surface area contributed by atoms with E-state index in [0.29, 0.717) is 24.6 Å². The second kappa shape index (κ2) is 6.66. The minimum Gasteiger partial charge on any atom is -0.485 e. The zero-order chi connectivity index (χ0) is 15.4. The summed E-state index contributed by atoms with van der Waals surface area (Å²) in [4.78, 5) is 15.6. The monoisotopic (exact) mass is 315 g/mol. The molecule has 114 valence electrons. The molecule has 0 bridgehead atoms. The summed E-state index contributed by atoms with van der Waals surface area (Å²) in [6.45, 7) is 5.00. The summed E-state index contributed by atoms with van der Waals surface area (Å²) < 4.78 is 11.4. The standard InChI is InChI=1S/C17H17NO3S/c1-2-9-18(11-13-6-5-10-22-13)17(19)16-12-20-14-7-3-4-8-15(14)21-16/h2-8,10,16H,1,9,11-12H2. The quantitative estimate of drug-likeness (QED) is 0.796. The van der Waals surface area contributed by atoms with E-state index in [0.717, 1.165) is 4.88 Å². The molecule has 2 aromatic rings. The highest BCUT2D eigenvalue weighted by Gasteiger charge is 2.30. The summed E-state index contributed by atoms with van der Waals surface area (Å²) in [5, 5.41) is 2.00. The third kappa shape index (κ3) is 3.14. The summed E-state index contributed by atoms with van der Waals surface area (Å²) in [7, 11) is 0. The number of ether oxygens (including phenoxy) is 2. The number of carbonyl (C=O) groups is 1. The van der Waals surface area contributed by atoms with Gasteiger partial charge in [-0.25, -0.2) is 0 Å². The summed E-state index contributed by atoms with van der Waals surface area (Å²) in [6.07, 6.45) is 1.11. The number of amides is 1. The molecule has 5 heteroatoms. The van der Waals surface area contributed by atoms with Crippen molar-refractivity contribution in [3.05, 3.63) is 59.3 Å². The summed E-state index contributed by atoms with van der Waals surface area (Å²) in [6, 6.07) is 11.4. The van der Waals surface area contributed by atoms with Crippen molar-refractivity contribution in [3.8, 4) is 11.5 Å². The van der Waals surface area contributed by atoms with Crippen molar-refractivity contribution in [1.82, 2.24) is 4.90 Å². The minimum absolute atomic E-state index is 0.0807. The van der Waals surface area contributed by atoms with Gasteiger partial charge in [-0.05, 0) is 23.6 Å². The fourth-order valence-electron chi connectivity index (χ4n) is 2.32. The first-order valence-corrected chi connectivity index (χ1v) is 7.96. The van der Waals surface area contributed by atoms with Gasteiger partial charge in [0.2, 0.25) is 6.10 Å². The van der Waals surface area contributed by atoms with Gasteiger partial charge >= 0.3 is 0 Å². The Morgan fingerprint density at radius 2 is 2.14 bits per heavy atom. The van der Waals surface area contributed by atoms with Crippen LogP contribution in [0.2, 0.25) is 0 Å². The van der Waals surface area contributed by atoms with Crippen LogP contribution in [0, 0.1) is 0 Å². The summed E-state index contributed by atoms with van der Waals surface area (Å²) in [5.74, 6) is 1.21. The molecule has 1 unspecified atom stereocenters. The molecule has 0 saturated carbocycles. The average Bonchev–Trinajstić information content (AvgIpc) is 3.06. The molecule has 0 saturated heterocycles. The lowest BCUT2D eigenvalue weighted by molar-refractivity contribution is -0.141. The first kappa shape index (κ1) is 14.7. The summed E-state index contributed by atoms with van der Waals surface area (Å²) in [5.41, 5.74) is 0. The van der Waals surface area contributed by atoms with E-state index in [1.165, 1.54) is 0 Å². The molecule has 2 heterocycles. The van der Waals surface area contributed by atoms with Crippen LogP contribution in [0.1, 0.15) is 4.88 Å². The van der Waals surface area contributed by atoms with Crippen molar-refractivity contribution in [1.29, 1.82) is 0 Å². The molecule has 1 aromatic heterocycles. The first-order chi connectivity index (χ1) is 10.8. The summed E-state index contributed by atoms with van der Waals surface area (Å²) >= 11 is 1.63. The first-order valence-electron chi connectivity index (χ1n) is 7.08. The van der Waals surface area contributed by atoms with Crippen LogP contribution >= 0.6 is 11.3 Å². The molecule has 0 N–H and O–H groups in total. The number of hydrogen-bond donors (Lipinski definition) is 0. The molecule has 22 heavy (non-hydrogen) atoms. The highest BCUT2D eigenvalue weighted by atomic mass is 32.1.